The predicted molar refractivity (Wildman–Crippen MR) is 46.1 cm³/mol. The number of nitrogens with two attached hydrogens (primary N) is 1. The van der Waals surface area contributed by atoms with Crippen LogP contribution in [0.25, 0.3) is 0 Å². The van der Waals surface area contributed by atoms with Crippen molar-refractivity contribution in [2.45, 2.75) is 4.90 Å². The molecule has 1 aromatic heterocycles. The van der Waals surface area contributed by atoms with E-state index in [1.54, 1.807) is 0 Å². The number of nitrogens with zero attached hydrogens (tertiary/aromatic N) is 2. The van der Waals surface area contributed by atoms with Crippen molar-refractivity contribution in [3.8, 4) is 0 Å². The van der Waals surface area contributed by atoms with E-state index in [4.69, 9.17) is 5.84 Å². The molecule has 7 nitrogen and oxygen atoms in total. The van der Waals surface area contributed by atoms with Gasteiger partial charge in [-0.25, -0.2) is 29.0 Å². The molecule has 0 saturated heterocycles. The molecule has 0 atom stereocenters. The summed E-state index contributed by atoms with van der Waals surface area (Å²) in [4.78, 5) is 7.28. The van der Waals surface area contributed by atoms with E-state index < -0.39 is 10.0 Å². The van der Waals surface area contributed by atoms with E-state index in [2.05, 4.69) is 20.1 Å². The number of nitrogens with one attached hydrogen (secondary N) is 2. The first-order chi connectivity index (χ1) is 6.10. The zero-order valence-corrected chi connectivity index (χ0v) is 7.67. The van der Waals surface area contributed by atoms with Gasteiger partial charge in [0, 0.05) is 0 Å². The summed E-state index contributed by atoms with van der Waals surface area (Å²) >= 11 is 0. The molecule has 0 saturated carbocycles. The lowest BCUT2D eigenvalue weighted by atomic mass is 10.7. The Labute approximate surface area is 75.4 Å². The monoisotopic (exact) mass is 203 g/mol. The topological polar surface area (TPSA) is 110 Å². The fourth-order valence-corrected chi connectivity index (χ4v) is 1.27. The van der Waals surface area contributed by atoms with Gasteiger partial charge in [0.15, 0.2) is 0 Å². The largest absolute Gasteiger partial charge is 0.292 e. The van der Waals surface area contributed by atoms with E-state index in [1.165, 1.54) is 7.05 Å². The maximum absolute atomic E-state index is 11.2. The number of rotatable bonds is 3. The molecule has 13 heavy (non-hydrogen) atoms. The number of hydrazine groups is 1. The fraction of sp³-hybridized carbons (Fsp3) is 0.200. The second-order valence-corrected chi connectivity index (χ2v) is 3.98. The van der Waals surface area contributed by atoms with Gasteiger partial charge < -0.3 is 0 Å². The Morgan fingerprint density at radius 2 is 1.92 bits per heavy atom. The maximum Gasteiger partial charge on any atom is 0.243 e. The van der Waals surface area contributed by atoms with Crippen molar-refractivity contribution >= 4 is 16.0 Å². The van der Waals surface area contributed by atoms with Crippen molar-refractivity contribution in [2.75, 3.05) is 12.5 Å². The highest BCUT2D eigenvalue weighted by atomic mass is 32.2. The fourth-order valence-electron chi connectivity index (χ4n) is 0.647. The standard InChI is InChI=1S/C5H9N5O2S/c1-7-13(11,12)4-2-8-5(10-6)9-3-4/h2-3,7H,6H2,1H3,(H,8,9,10). The van der Waals surface area contributed by atoms with E-state index in [9.17, 15) is 8.42 Å². The summed E-state index contributed by atoms with van der Waals surface area (Å²) in [7, 11) is -2.16. The lowest BCUT2D eigenvalue weighted by molar-refractivity contribution is 0.587. The molecule has 1 rings (SSSR count). The van der Waals surface area contributed by atoms with Crippen molar-refractivity contribution < 1.29 is 8.42 Å². The smallest absolute Gasteiger partial charge is 0.243 e. The van der Waals surface area contributed by atoms with Crippen LogP contribution in [0.15, 0.2) is 17.3 Å². The Morgan fingerprint density at radius 1 is 1.38 bits per heavy atom. The molecule has 0 unspecified atom stereocenters. The van der Waals surface area contributed by atoms with E-state index in [1.807, 2.05) is 0 Å². The minimum absolute atomic E-state index is 0.00556. The summed E-state index contributed by atoms with van der Waals surface area (Å²) < 4.78 is 24.5. The minimum atomic E-state index is -3.47. The van der Waals surface area contributed by atoms with Crippen LogP contribution < -0.4 is 16.0 Å². The maximum atomic E-state index is 11.2. The van der Waals surface area contributed by atoms with Crippen LogP contribution in [0, 0.1) is 0 Å². The van der Waals surface area contributed by atoms with Crippen LogP contribution in [0.1, 0.15) is 0 Å². The molecule has 0 aliphatic carbocycles. The quantitative estimate of drug-likeness (QED) is 0.414. The van der Waals surface area contributed by atoms with Gasteiger partial charge in [-0.05, 0) is 7.05 Å². The number of aromatic nitrogens is 2. The van der Waals surface area contributed by atoms with Gasteiger partial charge in [0.25, 0.3) is 0 Å². The summed E-state index contributed by atoms with van der Waals surface area (Å²) in [5.74, 6) is 5.16. The van der Waals surface area contributed by atoms with Gasteiger partial charge >= 0.3 is 0 Å². The Bertz CT molecular complexity index is 372. The van der Waals surface area contributed by atoms with Crippen LogP contribution in [0.3, 0.4) is 0 Å². The highest BCUT2D eigenvalue weighted by molar-refractivity contribution is 7.89. The molecule has 0 aliphatic rings. The van der Waals surface area contributed by atoms with Crippen molar-refractivity contribution in [2.24, 2.45) is 5.84 Å². The first-order valence-electron chi connectivity index (χ1n) is 3.32. The second-order valence-electron chi connectivity index (χ2n) is 2.09. The molecule has 0 amide bonds. The molecular weight excluding hydrogens is 194 g/mol. The van der Waals surface area contributed by atoms with Gasteiger partial charge in [-0.15, -0.1) is 0 Å². The van der Waals surface area contributed by atoms with Crippen LogP contribution >= 0.6 is 0 Å². The van der Waals surface area contributed by atoms with Crippen LogP contribution in [0.4, 0.5) is 5.95 Å². The molecule has 0 aromatic carbocycles. The number of hydrogen-bond donors (Lipinski definition) is 3. The van der Waals surface area contributed by atoms with E-state index in [0.29, 0.717) is 0 Å². The van der Waals surface area contributed by atoms with Crippen LogP contribution in [0.5, 0.6) is 0 Å². The lowest BCUT2D eigenvalue weighted by Gasteiger charge is -2.01. The Morgan fingerprint density at radius 3 is 2.31 bits per heavy atom. The molecule has 0 radical (unpaired) electrons. The molecule has 8 heteroatoms. The van der Waals surface area contributed by atoms with Gasteiger partial charge in [-0.2, -0.15) is 0 Å². The Hall–Kier alpha value is -1.25. The third-order valence-electron chi connectivity index (χ3n) is 1.34. The molecule has 1 heterocycles. The summed E-state index contributed by atoms with van der Waals surface area (Å²) in [5, 5.41) is 0. The third-order valence-corrected chi connectivity index (χ3v) is 2.71. The summed E-state index contributed by atoms with van der Waals surface area (Å²) in [5.41, 5.74) is 2.19. The minimum Gasteiger partial charge on any atom is -0.292 e. The average Bonchev–Trinajstić information content (AvgIpc) is 2.18. The Kier molecular flexibility index (Phi) is 2.76. The highest BCUT2D eigenvalue weighted by Gasteiger charge is 2.11. The van der Waals surface area contributed by atoms with Crippen LogP contribution in [-0.4, -0.2) is 25.4 Å². The van der Waals surface area contributed by atoms with Crippen molar-refractivity contribution in [3.63, 3.8) is 0 Å². The predicted octanol–water partition coefficient (Wildman–Crippen LogP) is -1.33. The van der Waals surface area contributed by atoms with Crippen molar-refractivity contribution in [1.82, 2.24) is 14.7 Å². The molecule has 0 fully saturated rings. The lowest BCUT2D eigenvalue weighted by Crippen LogP contribution is -2.19. The van der Waals surface area contributed by atoms with E-state index in [-0.39, 0.29) is 10.8 Å². The number of hydrogen-bond acceptors (Lipinski definition) is 6. The van der Waals surface area contributed by atoms with Crippen molar-refractivity contribution in [1.29, 1.82) is 0 Å². The number of anilines is 1. The second kappa shape index (κ2) is 3.64. The van der Waals surface area contributed by atoms with Gasteiger partial charge in [0.1, 0.15) is 4.90 Å². The summed E-state index contributed by atoms with van der Waals surface area (Å²) in [6.07, 6.45) is 2.32. The first kappa shape index (κ1) is 9.84. The first-order valence-corrected chi connectivity index (χ1v) is 4.80. The van der Waals surface area contributed by atoms with E-state index >= 15 is 0 Å². The molecule has 1 aromatic rings. The molecule has 0 aliphatic heterocycles. The highest BCUT2D eigenvalue weighted by Crippen LogP contribution is 2.05. The van der Waals surface area contributed by atoms with Gasteiger partial charge in [0.05, 0.1) is 12.4 Å². The van der Waals surface area contributed by atoms with Crippen LogP contribution in [-0.2, 0) is 10.0 Å². The summed E-state index contributed by atoms with van der Waals surface area (Å²) in [6, 6.07) is 0. The Balaban J connectivity index is 3.06. The zero-order valence-electron chi connectivity index (χ0n) is 6.85. The van der Waals surface area contributed by atoms with Gasteiger partial charge in [-0.3, -0.25) is 5.43 Å². The van der Waals surface area contributed by atoms with E-state index in [0.717, 1.165) is 12.4 Å². The molecule has 0 bridgehead atoms. The van der Waals surface area contributed by atoms with Crippen LogP contribution in [0.2, 0.25) is 0 Å². The average molecular weight is 203 g/mol. The molecule has 0 spiro atoms. The van der Waals surface area contributed by atoms with Gasteiger partial charge in [0.2, 0.25) is 16.0 Å². The molecular formula is C5H9N5O2S. The molecule has 72 valence electrons. The van der Waals surface area contributed by atoms with Crippen molar-refractivity contribution in [3.05, 3.63) is 12.4 Å². The summed E-state index contributed by atoms with van der Waals surface area (Å²) in [6.45, 7) is 0. The third kappa shape index (κ3) is 2.11. The zero-order chi connectivity index (χ0) is 9.90. The molecule has 4 N–H and O–H groups in total. The number of nitrogen functional groups attached to an aromatic ring is 1. The SMILES string of the molecule is CNS(=O)(=O)c1cnc(NN)nc1. The van der Waals surface area contributed by atoms with Gasteiger partial charge in [-0.1, -0.05) is 0 Å². The normalized spacial score (nSPS) is 11.2. The number of sulfonamides is 1.